The molecule has 0 amide bonds. The Morgan fingerprint density at radius 2 is 2.05 bits per heavy atom. The minimum Gasteiger partial charge on any atom is -0.423 e. The van der Waals surface area contributed by atoms with Crippen LogP contribution in [-0.2, 0) is 0 Å². The molecule has 1 atom stereocenters. The molecule has 3 rings (SSSR count). The van der Waals surface area contributed by atoms with Crippen LogP contribution in [0, 0.1) is 6.92 Å². The summed E-state index contributed by atoms with van der Waals surface area (Å²) in [6.45, 7) is 9.13. The molecule has 0 saturated carbocycles. The fourth-order valence-corrected chi connectivity index (χ4v) is 2.74. The topological polar surface area (TPSA) is 58.5 Å². The number of aromatic nitrogens is 1. The molecule has 1 aromatic heterocycles. The second-order valence-electron chi connectivity index (χ2n) is 5.92. The van der Waals surface area contributed by atoms with Crippen LogP contribution in [0.1, 0.15) is 18.9 Å². The number of piperazine rings is 1. The first-order valence-corrected chi connectivity index (χ1v) is 7.76. The standard InChI is InChI=1S/C16H24N4O/c1-3-13(17)11-19-6-8-20(9-7-19)16-18-14-10-12(2)4-5-15(14)21-16/h4-5,10,13H,3,6-9,11,17H2,1-2H3. The first kappa shape index (κ1) is 14.4. The smallest absolute Gasteiger partial charge is 0.298 e. The zero-order chi connectivity index (χ0) is 14.8. The summed E-state index contributed by atoms with van der Waals surface area (Å²) >= 11 is 0. The number of nitrogens with two attached hydrogens (primary N) is 1. The average molecular weight is 288 g/mol. The van der Waals surface area contributed by atoms with E-state index in [1.165, 1.54) is 5.56 Å². The summed E-state index contributed by atoms with van der Waals surface area (Å²) in [7, 11) is 0. The van der Waals surface area contributed by atoms with Gasteiger partial charge in [0.05, 0.1) is 0 Å². The van der Waals surface area contributed by atoms with Crippen LogP contribution in [0.3, 0.4) is 0 Å². The van der Waals surface area contributed by atoms with Gasteiger partial charge in [-0.25, -0.2) is 0 Å². The maximum Gasteiger partial charge on any atom is 0.298 e. The largest absolute Gasteiger partial charge is 0.423 e. The molecule has 1 unspecified atom stereocenters. The summed E-state index contributed by atoms with van der Waals surface area (Å²) in [5.41, 5.74) is 9.05. The molecule has 0 bridgehead atoms. The van der Waals surface area contributed by atoms with Crippen molar-refractivity contribution in [3.05, 3.63) is 23.8 Å². The highest BCUT2D eigenvalue weighted by atomic mass is 16.4. The molecule has 0 aliphatic carbocycles. The van der Waals surface area contributed by atoms with Crippen molar-refractivity contribution in [2.75, 3.05) is 37.6 Å². The van der Waals surface area contributed by atoms with Crippen LogP contribution in [0.2, 0.25) is 0 Å². The van der Waals surface area contributed by atoms with Gasteiger partial charge in [0, 0.05) is 38.8 Å². The third-order valence-electron chi connectivity index (χ3n) is 4.19. The van der Waals surface area contributed by atoms with Gasteiger partial charge in [0.25, 0.3) is 6.01 Å². The number of rotatable bonds is 4. The lowest BCUT2D eigenvalue weighted by atomic mass is 10.2. The highest BCUT2D eigenvalue weighted by Gasteiger charge is 2.21. The number of aryl methyl sites for hydroxylation is 1. The van der Waals surface area contributed by atoms with Crippen LogP contribution in [0.4, 0.5) is 6.01 Å². The van der Waals surface area contributed by atoms with Crippen molar-refractivity contribution in [3.63, 3.8) is 0 Å². The number of hydrogen-bond acceptors (Lipinski definition) is 5. The van der Waals surface area contributed by atoms with E-state index in [1.54, 1.807) is 0 Å². The van der Waals surface area contributed by atoms with Crippen molar-refractivity contribution in [1.82, 2.24) is 9.88 Å². The molecule has 1 aliphatic heterocycles. The molecule has 2 aromatic rings. The lowest BCUT2D eigenvalue weighted by molar-refractivity contribution is 0.237. The van der Waals surface area contributed by atoms with Crippen molar-refractivity contribution in [3.8, 4) is 0 Å². The summed E-state index contributed by atoms with van der Waals surface area (Å²) in [5, 5.41) is 0. The molecule has 114 valence electrons. The zero-order valence-corrected chi connectivity index (χ0v) is 12.9. The van der Waals surface area contributed by atoms with Crippen molar-refractivity contribution in [2.24, 2.45) is 5.73 Å². The molecule has 1 fully saturated rings. The first-order valence-electron chi connectivity index (χ1n) is 7.76. The van der Waals surface area contributed by atoms with Gasteiger partial charge in [0.15, 0.2) is 5.58 Å². The van der Waals surface area contributed by atoms with Gasteiger partial charge in [-0.3, -0.25) is 4.90 Å². The van der Waals surface area contributed by atoms with Crippen molar-refractivity contribution in [1.29, 1.82) is 0 Å². The summed E-state index contributed by atoms with van der Waals surface area (Å²) < 4.78 is 5.87. The van der Waals surface area contributed by atoms with Crippen molar-refractivity contribution >= 4 is 17.1 Å². The molecule has 1 aliphatic rings. The van der Waals surface area contributed by atoms with Crippen LogP contribution < -0.4 is 10.6 Å². The minimum atomic E-state index is 0.281. The number of benzene rings is 1. The van der Waals surface area contributed by atoms with E-state index in [4.69, 9.17) is 10.2 Å². The molecule has 2 N–H and O–H groups in total. The fraction of sp³-hybridized carbons (Fsp3) is 0.562. The second-order valence-corrected chi connectivity index (χ2v) is 5.92. The third kappa shape index (κ3) is 3.19. The van der Waals surface area contributed by atoms with Crippen molar-refractivity contribution in [2.45, 2.75) is 26.3 Å². The van der Waals surface area contributed by atoms with Gasteiger partial charge in [-0.2, -0.15) is 4.98 Å². The number of hydrogen-bond donors (Lipinski definition) is 1. The van der Waals surface area contributed by atoms with E-state index in [0.29, 0.717) is 0 Å². The number of anilines is 1. The Morgan fingerprint density at radius 1 is 1.29 bits per heavy atom. The Labute approximate surface area is 125 Å². The quantitative estimate of drug-likeness (QED) is 0.932. The Kier molecular flexibility index (Phi) is 4.12. The monoisotopic (exact) mass is 288 g/mol. The predicted octanol–water partition coefficient (Wildman–Crippen LogP) is 2.00. The predicted molar refractivity (Wildman–Crippen MR) is 85.7 cm³/mol. The highest BCUT2D eigenvalue weighted by molar-refractivity contribution is 5.75. The summed E-state index contributed by atoms with van der Waals surface area (Å²) in [5.74, 6) is 0. The highest BCUT2D eigenvalue weighted by Crippen LogP contribution is 2.23. The Hall–Kier alpha value is -1.59. The molecule has 21 heavy (non-hydrogen) atoms. The Morgan fingerprint density at radius 3 is 2.76 bits per heavy atom. The van der Waals surface area contributed by atoms with Crippen LogP contribution >= 0.6 is 0 Å². The van der Waals surface area contributed by atoms with E-state index in [0.717, 1.165) is 56.3 Å². The molecule has 0 radical (unpaired) electrons. The molecule has 1 aromatic carbocycles. The van der Waals surface area contributed by atoms with E-state index >= 15 is 0 Å². The Bertz CT molecular complexity index is 601. The average Bonchev–Trinajstić information content (AvgIpc) is 2.90. The summed E-state index contributed by atoms with van der Waals surface area (Å²) in [6, 6.07) is 7.15. The van der Waals surface area contributed by atoms with Crippen molar-refractivity contribution < 1.29 is 4.42 Å². The van der Waals surface area contributed by atoms with Crippen LogP contribution in [0.15, 0.2) is 22.6 Å². The van der Waals surface area contributed by atoms with E-state index in [1.807, 2.05) is 6.07 Å². The van der Waals surface area contributed by atoms with Crippen LogP contribution in [0.25, 0.3) is 11.1 Å². The van der Waals surface area contributed by atoms with E-state index in [9.17, 15) is 0 Å². The maximum absolute atomic E-state index is 6.03. The van der Waals surface area contributed by atoms with Gasteiger partial charge in [-0.15, -0.1) is 0 Å². The zero-order valence-electron chi connectivity index (χ0n) is 12.9. The van der Waals surface area contributed by atoms with Crippen LogP contribution in [0.5, 0.6) is 0 Å². The van der Waals surface area contributed by atoms with E-state index in [2.05, 4.69) is 40.8 Å². The number of oxazole rings is 1. The van der Waals surface area contributed by atoms with Gasteiger partial charge in [-0.05, 0) is 31.0 Å². The summed E-state index contributed by atoms with van der Waals surface area (Å²) in [6.07, 6.45) is 1.03. The van der Waals surface area contributed by atoms with Gasteiger partial charge < -0.3 is 15.1 Å². The molecule has 0 spiro atoms. The van der Waals surface area contributed by atoms with E-state index < -0.39 is 0 Å². The Balaban J connectivity index is 1.65. The van der Waals surface area contributed by atoms with Crippen LogP contribution in [-0.4, -0.2) is 48.6 Å². The molecule has 2 heterocycles. The number of fused-ring (bicyclic) bond motifs is 1. The second kappa shape index (κ2) is 6.03. The molecular weight excluding hydrogens is 264 g/mol. The van der Waals surface area contributed by atoms with Gasteiger partial charge >= 0.3 is 0 Å². The normalized spacial score (nSPS) is 18.3. The lowest BCUT2D eigenvalue weighted by Crippen LogP contribution is -2.49. The fourth-order valence-electron chi connectivity index (χ4n) is 2.74. The molecule has 5 heteroatoms. The SMILES string of the molecule is CCC(N)CN1CCN(c2nc3cc(C)ccc3o2)CC1. The molecule has 1 saturated heterocycles. The first-order chi connectivity index (χ1) is 10.2. The van der Waals surface area contributed by atoms with Gasteiger partial charge in [0.1, 0.15) is 5.52 Å². The van der Waals surface area contributed by atoms with Gasteiger partial charge in [-0.1, -0.05) is 13.0 Å². The van der Waals surface area contributed by atoms with E-state index in [-0.39, 0.29) is 6.04 Å². The molecular formula is C16H24N4O. The van der Waals surface area contributed by atoms with Gasteiger partial charge in [0.2, 0.25) is 0 Å². The third-order valence-corrected chi connectivity index (χ3v) is 4.19. The minimum absolute atomic E-state index is 0.281. The lowest BCUT2D eigenvalue weighted by Gasteiger charge is -2.34. The summed E-state index contributed by atoms with van der Waals surface area (Å²) in [4.78, 5) is 9.27. The maximum atomic E-state index is 6.03. The number of nitrogens with zero attached hydrogens (tertiary/aromatic N) is 3. The molecule has 5 nitrogen and oxygen atoms in total.